The molecule has 4 heterocycles. The van der Waals surface area contributed by atoms with Gasteiger partial charge in [0.2, 0.25) is 0 Å². The van der Waals surface area contributed by atoms with Crippen LogP contribution >= 0.6 is 11.8 Å². The van der Waals surface area contributed by atoms with Gasteiger partial charge in [0.25, 0.3) is 0 Å². The Bertz CT molecular complexity index is 1380. The van der Waals surface area contributed by atoms with Crippen molar-refractivity contribution >= 4 is 34.8 Å². The van der Waals surface area contributed by atoms with Crippen LogP contribution in [-0.4, -0.2) is 55.8 Å². The fourth-order valence-corrected chi connectivity index (χ4v) is 5.97. The standard InChI is InChI=1S/C26H31F3N6O3S/c1-25(2,3)38-24(36)34-8-4-15(5-9-34)6-10-35-22-20(21(30)31-14-32-22)33-23(35)39-19-12-16-7-11-37-18(16)13-17(19)26(27,28)29/h12-15H,4-11H2,1-3H3,(H2,30,31,32). The van der Waals surface area contributed by atoms with Gasteiger partial charge in [0.1, 0.15) is 17.7 Å². The highest BCUT2D eigenvalue weighted by Gasteiger charge is 2.36. The third kappa shape index (κ3) is 6.02. The predicted molar refractivity (Wildman–Crippen MR) is 140 cm³/mol. The van der Waals surface area contributed by atoms with E-state index in [0.29, 0.717) is 54.9 Å². The molecule has 2 aromatic heterocycles. The van der Waals surface area contributed by atoms with Crippen molar-refractivity contribution in [1.82, 2.24) is 24.4 Å². The van der Waals surface area contributed by atoms with Gasteiger partial charge in [-0.25, -0.2) is 19.7 Å². The van der Waals surface area contributed by atoms with Crippen LogP contribution in [0.3, 0.4) is 0 Å². The van der Waals surface area contributed by atoms with Gasteiger partial charge in [-0.2, -0.15) is 13.2 Å². The molecule has 0 saturated carbocycles. The number of nitrogen functional groups attached to an aromatic ring is 1. The Morgan fingerprint density at radius 1 is 1.21 bits per heavy atom. The van der Waals surface area contributed by atoms with Gasteiger partial charge < -0.3 is 24.7 Å². The normalized spacial score (nSPS) is 16.4. The molecule has 5 rings (SSSR count). The molecule has 13 heteroatoms. The molecule has 0 aliphatic carbocycles. The zero-order valence-electron chi connectivity index (χ0n) is 22.0. The third-order valence-electron chi connectivity index (χ3n) is 6.85. The summed E-state index contributed by atoms with van der Waals surface area (Å²) < 4.78 is 54.6. The number of hydrogen-bond donors (Lipinski definition) is 1. The summed E-state index contributed by atoms with van der Waals surface area (Å²) in [5.41, 5.74) is 6.32. The lowest BCUT2D eigenvalue weighted by Crippen LogP contribution is -2.41. The summed E-state index contributed by atoms with van der Waals surface area (Å²) in [5.74, 6) is 0.763. The molecular formula is C26H31F3N6O3S. The summed E-state index contributed by atoms with van der Waals surface area (Å²) in [7, 11) is 0. The summed E-state index contributed by atoms with van der Waals surface area (Å²) in [6.07, 6.45) is -0.637. The van der Waals surface area contributed by atoms with Crippen LogP contribution in [0.15, 0.2) is 28.5 Å². The second-order valence-corrected chi connectivity index (χ2v) is 11.8. The van der Waals surface area contributed by atoms with Crippen molar-refractivity contribution in [2.24, 2.45) is 5.92 Å². The maximum absolute atomic E-state index is 14.0. The van der Waals surface area contributed by atoms with Crippen molar-refractivity contribution in [3.63, 3.8) is 0 Å². The molecule has 3 aromatic rings. The molecule has 0 spiro atoms. The monoisotopic (exact) mass is 564 g/mol. The van der Waals surface area contributed by atoms with E-state index in [9.17, 15) is 18.0 Å². The number of halogens is 3. The average Bonchev–Trinajstić information content (AvgIpc) is 3.45. The number of likely N-dealkylation sites (tertiary alicyclic amines) is 1. The lowest BCUT2D eigenvalue weighted by Gasteiger charge is -2.33. The number of fused-ring (bicyclic) bond motifs is 2. The summed E-state index contributed by atoms with van der Waals surface area (Å²) in [5, 5.41) is 0.368. The Morgan fingerprint density at radius 3 is 2.64 bits per heavy atom. The van der Waals surface area contributed by atoms with Gasteiger partial charge in [0, 0.05) is 31.0 Å². The molecule has 0 atom stereocenters. The zero-order chi connectivity index (χ0) is 27.9. The number of carbonyl (C=O) groups is 1. The lowest BCUT2D eigenvalue weighted by molar-refractivity contribution is -0.139. The van der Waals surface area contributed by atoms with Crippen LogP contribution in [0.2, 0.25) is 0 Å². The number of amides is 1. The molecular weight excluding hydrogens is 533 g/mol. The van der Waals surface area contributed by atoms with Gasteiger partial charge in [-0.15, -0.1) is 0 Å². The van der Waals surface area contributed by atoms with Crippen molar-refractivity contribution in [3.8, 4) is 5.75 Å². The van der Waals surface area contributed by atoms with Crippen LogP contribution in [0.5, 0.6) is 5.75 Å². The minimum Gasteiger partial charge on any atom is -0.493 e. The number of aryl methyl sites for hydroxylation is 1. The van der Waals surface area contributed by atoms with E-state index in [1.165, 1.54) is 6.33 Å². The average molecular weight is 565 g/mol. The van der Waals surface area contributed by atoms with Gasteiger partial charge in [-0.1, -0.05) is 11.8 Å². The quantitative estimate of drug-likeness (QED) is 0.430. The smallest absolute Gasteiger partial charge is 0.417 e. The van der Waals surface area contributed by atoms with Gasteiger partial charge in [0.05, 0.1) is 12.2 Å². The summed E-state index contributed by atoms with van der Waals surface area (Å²) in [6, 6.07) is 2.62. The van der Waals surface area contributed by atoms with E-state index < -0.39 is 17.3 Å². The van der Waals surface area contributed by atoms with E-state index in [2.05, 4.69) is 15.0 Å². The molecule has 2 aliphatic rings. The number of rotatable bonds is 5. The maximum atomic E-state index is 14.0. The van der Waals surface area contributed by atoms with Crippen LogP contribution < -0.4 is 10.5 Å². The molecule has 39 heavy (non-hydrogen) atoms. The van der Waals surface area contributed by atoms with Crippen LogP contribution in [0.25, 0.3) is 11.2 Å². The van der Waals surface area contributed by atoms with Gasteiger partial charge in [-0.3, -0.25) is 0 Å². The fraction of sp³-hybridized carbons (Fsp3) is 0.538. The summed E-state index contributed by atoms with van der Waals surface area (Å²) >= 11 is 0.948. The Balaban J connectivity index is 1.36. The number of piperidine rings is 1. The Morgan fingerprint density at radius 2 is 1.95 bits per heavy atom. The number of anilines is 1. The molecule has 1 saturated heterocycles. The van der Waals surface area contributed by atoms with E-state index in [1.54, 1.807) is 11.0 Å². The number of carbonyl (C=O) groups excluding carboxylic acids is 1. The van der Waals surface area contributed by atoms with Gasteiger partial charge >= 0.3 is 12.3 Å². The number of nitrogens with zero attached hydrogens (tertiary/aromatic N) is 5. The molecule has 0 radical (unpaired) electrons. The molecule has 1 amide bonds. The SMILES string of the molecule is CC(C)(C)OC(=O)N1CCC(CCn2c(Sc3cc4c(cc3C(F)(F)F)OCC4)nc3c(N)ncnc32)CC1. The first kappa shape index (κ1) is 27.4. The largest absolute Gasteiger partial charge is 0.493 e. The van der Waals surface area contributed by atoms with Crippen molar-refractivity contribution in [2.45, 2.75) is 74.8 Å². The van der Waals surface area contributed by atoms with Gasteiger partial charge in [0.15, 0.2) is 22.1 Å². The molecule has 2 aliphatic heterocycles. The second kappa shape index (κ2) is 10.4. The van der Waals surface area contributed by atoms with Crippen molar-refractivity contribution < 1.29 is 27.4 Å². The predicted octanol–water partition coefficient (Wildman–Crippen LogP) is 5.55. The van der Waals surface area contributed by atoms with Crippen molar-refractivity contribution in [2.75, 3.05) is 25.4 Å². The zero-order valence-corrected chi connectivity index (χ0v) is 22.9. The Kier molecular flexibility index (Phi) is 7.29. The van der Waals surface area contributed by atoms with Crippen LogP contribution in [0.4, 0.5) is 23.8 Å². The number of benzene rings is 1. The molecule has 1 fully saturated rings. The van der Waals surface area contributed by atoms with Gasteiger partial charge in [-0.05, 0) is 63.6 Å². The highest BCUT2D eigenvalue weighted by Crippen LogP contribution is 2.44. The highest BCUT2D eigenvalue weighted by atomic mass is 32.2. The van der Waals surface area contributed by atoms with E-state index >= 15 is 0 Å². The van der Waals surface area contributed by atoms with E-state index in [1.807, 2.05) is 25.3 Å². The molecule has 210 valence electrons. The first-order chi connectivity index (χ1) is 18.4. The molecule has 9 nitrogen and oxygen atoms in total. The van der Waals surface area contributed by atoms with Crippen molar-refractivity contribution in [3.05, 3.63) is 29.6 Å². The highest BCUT2D eigenvalue weighted by molar-refractivity contribution is 7.99. The molecule has 0 bridgehead atoms. The number of aromatic nitrogens is 4. The first-order valence-corrected chi connectivity index (χ1v) is 13.7. The minimum atomic E-state index is -4.55. The van der Waals surface area contributed by atoms with Crippen LogP contribution in [0, 0.1) is 5.92 Å². The maximum Gasteiger partial charge on any atom is 0.417 e. The van der Waals surface area contributed by atoms with Crippen LogP contribution in [0.1, 0.15) is 51.2 Å². The lowest BCUT2D eigenvalue weighted by atomic mass is 9.94. The first-order valence-electron chi connectivity index (χ1n) is 12.9. The second-order valence-electron chi connectivity index (χ2n) is 10.8. The number of imidazole rings is 1. The Labute approximate surface area is 228 Å². The molecule has 2 N–H and O–H groups in total. The summed E-state index contributed by atoms with van der Waals surface area (Å²) in [4.78, 5) is 27.1. The fourth-order valence-electron chi connectivity index (χ4n) is 4.86. The summed E-state index contributed by atoms with van der Waals surface area (Å²) in [6.45, 7) is 7.55. The molecule has 1 aromatic carbocycles. The van der Waals surface area contributed by atoms with E-state index in [-0.39, 0.29) is 22.6 Å². The molecule has 0 unspecified atom stereocenters. The van der Waals surface area contributed by atoms with Crippen molar-refractivity contribution in [1.29, 1.82) is 0 Å². The topological polar surface area (TPSA) is 108 Å². The van der Waals surface area contributed by atoms with E-state index in [4.69, 9.17) is 15.2 Å². The number of alkyl halides is 3. The van der Waals surface area contributed by atoms with E-state index in [0.717, 1.165) is 42.7 Å². The number of nitrogens with two attached hydrogens (primary N) is 1. The number of hydrogen-bond acceptors (Lipinski definition) is 8. The minimum absolute atomic E-state index is 0.0560. The third-order valence-corrected chi connectivity index (χ3v) is 7.90. The van der Waals surface area contributed by atoms with Crippen LogP contribution in [-0.2, 0) is 23.9 Å². The number of ether oxygens (including phenoxy) is 2. The Hall–Kier alpha value is -3.22.